The molecule has 7 heteroatoms. The fourth-order valence-electron chi connectivity index (χ4n) is 1.73. The van der Waals surface area contributed by atoms with Gasteiger partial charge in [0.05, 0.1) is 16.8 Å². The van der Waals surface area contributed by atoms with Crippen molar-refractivity contribution in [3.8, 4) is 6.07 Å². The SMILES string of the molecule is N#Cc1cnc(NCc2cccc(C(F)(F)F)c2)c(N)c1. The van der Waals surface area contributed by atoms with E-state index in [9.17, 15) is 13.2 Å². The zero-order valence-corrected chi connectivity index (χ0v) is 10.8. The van der Waals surface area contributed by atoms with E-state index < -0.39 is 11.7 Å². The Morgan fingerprint density at radius 1 is 1.29 bits per heavy atom. The van der Waals surface area contributed by atoms with E-state index in [1.165, 1.54) is 18.3 Å². The van der Waals surface area contributed by atoms with Crippen LogP contribution in [0, 0.1) is 11.3 Å². The summed E-state index contributed by atoms with van der Waals surface area (Å²) in [6.45, 7) is 0.146. The first-order valence-corrected chi connectivity index (χ1v) is 5.96. The Morgan fingerprint density at radius 2 is 2.05 bits per heavy atom. The van der Waals surface area contributed by atoms with E-state index in [-0.39, 0.29) is 12.2 Å². The molecule has 0 aliphatic carbocycles. The lowest BCUT2D eigenvalue weighted by Crippen LogP contribution is -2.08. The van der Waals surface area contributed by atoms with Gasteiger partial charge in [0.15, 0.2) is 0 Å². The van der Waals surface area contributed by atoms with Gasteiger partial charge in [0.25, 0.3) is 0 Å². The van der Waals surface area contributed by atoms with E-state index in [0.717, 1.165) is 12.1 Å². The van der Waals surface area contributed by atoms with Crippen LogP contribution >= 0.6 is 0 Å². The number of hydrogen-bond acceptors (Lipinski definition) is 4. The maximum Gasteiger partial charge on any atom is 0.416 e. The highest BCUT2D eigenvalue weighted by atomic mass is 19.4. The molecule has 1 aromatic carbocycles. The van der Waals surface area contributed by atoms with Crippen molar-refractivity contribution in [1.82, 2.24) is 4.98 Å². The fraction of sp³-hybridized carbons (Fsp3) is 0.143. The monoisotopic (exact) mass is 292 g/mol. The van der Waals surface area contributed by atoms with E-state index in [0.29, 0.717) is 16.9 Å². The second-order valence-electron chi connectivity index (χ2n) is 4.33. The van der Waals surface area contributed by atoms with Gasteiger partial charge in [-0.25, -0.2) is 4.98 Å². The molecule has 3 N–H and O–H groups in total. The van der Waals surface area contributed by atoms with Crippen LogP contribution in [0.2, 0.25) is 0 Å². The minimum atomic E-state index is -4.37. The highest BCUT2D eigenvalue weighted by Crippen LogP contribution is 2.29. The van der Waals surface area contributed by atoms with E-state index in [4.69, 9.17) is 11.0 Å². The summed E-state index contributed by atoms with van der Waals surface area (Å²) in [6.07, 6.45) is -3.04. The number of nitrogens with zero attached hydrogens (tertiary/aromatic N) is 2. The number of aromatic nitrogens is 1. The van der Waals surface area contributed by atoms with Gasteiger partial charge in [0.1, 0.15) is 11.9 Å². The van der Waals surface area contributed by atoms with Crippen LogP contribution < -0.4 is 11.1 Å². The zero-order valence-electron chi connectivity index (χ0n) is 10.8. The fourth-order valence-corrected chi connectivity index (χ4v) is 1.73. The molecule has 0 atom stereocenters. The summed E-state index contributed by atoms with van der Waals surface area (Å²) in [4.78, 5) is 3.95. The van der Waals surface area contributed by atoms with Crippen LogP contribution in [0.3, 0.4) is 0 Å². The molecule has 0 saturated heterocycles. The van der Waals surface area contributed by atoms with Crippen molar-refractivity contribution in [1.29, 1.82) is 5.26 Å². The largest absolute Gasteiger partial charge is 0.416 e. The van der Waals surface area contributed by atoms with Crippen molar-refractivity contribution >= 4 is 11.5 Å². The van der Waals surface area contributed by atoms with Gasteiger partial charge in [-0.15, -0.1) is 0 Å². The van der Waals surface area contributed by atoms with Crippen molar-refractivity contribution in [2.24, 2.45) is 0 Å². The third-order valence-electron chi connectivity index (χ3n) is 2.76. The summed E-state index contributed by atoms with van der Waals surface area (Å²) < 4.78 is 37.8. The van der Waals surface area contributed by atoms with Crippen LogP contribution in [0.5, 0.6) is 0 Å². The predicted molar refractivity (Wildman–Crippen MR) is 72.1 cm³/mol. The van der Waals surface area contributed by atoms with Gasteiger partial charge in [0, 0.05) is 12.7 Å². The lowest BCUT2D eigenvalue weighted by atomic mass is 10.1. The van der Waals surface area contributed by atoms with Gasteiger partial charge >= 0.3 is 6.18 Å². The zero-order chi connectivity index (χ0) is 15.5. The maximum atomic E-state index is 12.6. The Morgan fingerprint density at radius 3 is 2.67 bits per heavy atom. The highest BCUT2D eigenvalue weighted by Gasteiger charge is 2.30. The molecule has 0 radical (unpaired) electrons. The maximum absolute atomic E-state index is 12.6. The molecule has 1 heterocycles. The van der Waals surface area contributed by atoms with Crippen LogP contribution in [-0.4, -0.2) is 4.98 Å². The van der Waals surface area contributed by atoms with Gasteiger partial charge in [0.2, 0.25) is 0 Å². The van der Waals surface area contributed by atoms with Crippen LogP contribution in [0.25, 0.3) is 0 Å². The van der Waals surface area contributed by atoms with Crippen LogP contribution in [0.15, 0.2) is 36.5 Å². The van der Waals surface area contributed by atoms with E-state index in [1.807, 2.05) is 6.07 Å². The number of nitriles is 1. The van der Waals surface area contributed by atoms with Gasteiger partial charge < -0.3 is 11.1 Å². The van der Waals surface area contributed by atoms with Crippen molar-refractivity contribution in [3.05, 3.63) is 53.2 Å². The number of halogens is 3. The normalized spacial score (nSPS) is 11.0. The smallest absolute Gasteiger partial charge is 0.396 e. The van der Waals surface area contributed by atoms with Crippen molar-refractivity contribution in [2.75, 3.05) is 11.1 Å². The third-order valence-corrected chi connectivity index (χ3v) is 2.76. The quantitative estimate of drug-likeness (QED) is 0.911. The van der Waals surface area contributed by atoms with Crippen molar-refractivity contribution < 1.29 is 13.2 Å². The molecule has 4 nitrogen and oxygen atoms in total. The molecular formula is C14H11F3N4. The Kier molecular flexibility index (Phi) is 3.98. The molecule has 2 aromatic rings. The second-order valence-corrected chi connectivity index (χ2v) is 4.33. The van der Waals surface area contributed by atoms with Crippen molar-refractivity contribution in [3.63, 3.8) is 0 Å². The Hall–Kier alpha value is -2.75. The van der Waals surface area contributed by atoms with Crippen molar-refractivity contribution in [2.45, 2.75) is 12.7 Å². The van der Waals surface area contributed by atoms with Crippen LogP contribution in [0.4, 0.5) is 24.7 Å². The molecule has 0 aliphatic heterocycles. The molecule has 0 aliphatic rings. The van der Waals surface area contributed by atoms with Crippen LogP contribution in [-0.2, 0) is 12.7 Å². The summed E-state index contributed by atoms with van der Waals surface area (Å²) in [7, 11) is 0. The number of nitrogen functional groups attached to an aromatic ring is 1. The highest BCUT2D eigenvalue weighted by molar-refractivity contribution is 5.63. The van der Waals surface area contributed by atoms with Gasteiger partial charge in [-0.1, -0.05) is 12.1 Å². The molecule has 0 fully saturated rings. The first-order valence-electron chi connectivity index (χ1n) is 5.96. The van der Waals surface area contributed by atoms with Gasteiger partial charge in [-0.05, 0) is 23.8 Å². The second kappa shape index (κ2) is 5.71. The molecule has 2 rings (SSSR count). The standard InChI is InChI=1S/C14H11F3N4/c15-14(16,17)11-3-1-2-9(4-11)7-20-13-12(19)5-10(6-18)8-21-13/h1-5,8H,7,19H2,(H,20,21). The Labute approximate surface area is 119 Å². The number of alkyl halides is 3. The summed E-state index contributed by atoms with van der Waals surface area (Å²) in [5.41, 5.74) is 6.03. The molecule has 0 saturated carbocycles. The number of nitrogens with two attached hydrogens (primary N) is 1. The molecule has 108 valence electrons. The molecule has 0 unspecified atom stereocenters. The third kappa shape index (κ3) is 3.63. The number of rotatable bonds is 3. The predicted octanol–water partition coefficient (Wildman–Crippen LogP) is 3.17. The Bertz CT molecular complexity index is 689. The average molecular weight is 292 g/mol. The molecule has 21 heavy (non-hydrogen) atoms. The minimum absolute atomic E-state index is 0.146. The van der Waals surface area contributed by atoms with Gasteiger partial charge in [-0.3, -0.25) is 0 Å². The lowest BCUT2D eigenvalue weighted by molar-refractivity contribution is -0.137. The minimum Gasteiger partial charge on any atom is -0.396 e. The number of nitrogens with one attached hydrogen (secondary N) is 1. The summed E-state index contributed by atoms with van der Waals surface area (Å²) in [5, 5.41) is 11.5. The number of pyridine rings is 1. The van der Waals surface area contributed by atoms with Crippen LogP contribution in [0.1, 0.15) is 16.7 Å². The molecule has 1 aromatic heterocycles. The first-order chi connectivity index (χ1) is 9.90. The lowest BCUT2D eigenvalue weighted by Gasteiger charge is -2.11. The molecule has 0 spiro atoms. The van der Waals surface area contributed by atoms with E-state index in [2.05, 4.69) is 10.3 Å². The first kappa shape index (κ1) is 14.7. The number of benzene rings is 1. The number of anilines is 2. The molecule has 0 amide bonds. The van der Waals surface area contributed by atoms with E-state index >= 15 is 0 Å². The number of hydrogen-bond donors (Lipinski definition) is 2. The molecule has 0 bridgehead atoms. The molecular weight excluding hydrogens is 281 g/mol. The average Bonchev–Trinajstić information content (AvgIpc) is 2.45. The summed E-state index contributed by atoms with van der Waals surface area (Å²) >= 11 is 0. The summed E-state index contributed by atoms with van der Waals surface area (Å²) in [6, 6.07) is 8.33. The van der Waals surface area contributed by atoms with Gasteiger partial charge in [-0.2, -0.15) is 18.4 Å². The topological polar surface area (TPSA) is 74.7 Å². The Balaban J connectivity index is 2.12. The van der Waals surface area contributed by atoms with E-state index in [1.54, 1.807) is 6.07 Å². The summed E-state index contributed by atoms with van der Waals surface area (Å²) in [5.74, 6) is 0.325.